The highest BCUT2D eigenvalue weighted by Gasteiger charge is 2.11. The van der Waals surface area contributed by atoms with Crippen LogP contribution < -0.4 is 0 Å². The van der Waals surface area contributed by atoms with Crippen LogP contribution in [-0.4, -0.2) is 17.0 Å². The maximum Gasteiger partial charge on any atom is 0.342 e. The van der Waals surface area contributed by atoms with Crippen molar-refractivity contribution in [2.75, 3.05) is 0 Å². The Morgan fingerprint density at radius 1 is 0.629 bits per heavy atom. The molecule has 0 aliphatic heterocycles. The van der Waals surface area contributed by atoms with E-state index in [1.54, 1.807) is 18.2 Å². The number of aromatic hydroxyl groups is 1. The van der Waals surface area contributed by atoms with Crippen LogP contribution in [-0.2, 0) is 27.5 Å². The van der Waals surface area contributed by atoms with E-state index in [0.29, 0.717) is 6.61 Å². The van der Waals surface area contributed by atoms with E-state index in [0.717, 1.165) is 16.7 Å². The molecule has 4 aromatic carbocycles. The lowest BCUT2D eigenvalue weighted by atomic mass is 10.2. The van der Waals surface area contributed by atoms with Gasteiger partial charge < -0.3 is 14.6 Å². The van der Waals surface area contributed by atoms with Gasteiger partial charge in [0.25, 0.3) is 0 Å². The van der Waals surface area contributed by atoms with E-state index < -0.39 is 5.97 Å². The Bertz CT molecular complexity index is 1220. The summed E-state index contributed by atoms with van der Waals surface area (Å²) in [7, 11) is 0. The van der Waals surface area contributed by atoms with Crippen LogP contribution in [0.15, 0.2) is 121 Å². The van der Waals surface area contributed by atoms with Gasteiger partial charge in [-0.25, -0.2) is 9.59 Å². The molecule has 0 unspecified atom stereocenters. The smallest absolute Gasteiger partial charge is 0.342 e. The number of phenolic OH excluding ortho intramolecular Hbond substituents is 1. The molecule has 0 aromatic heterocycles. The number of esters is 2. The van der Waals surface area contributed by atoms with Crippen molar-refractivity contribution in [1.82, 2.24) is 0 Å². The van der Waals surface area contributed by atoms with Crippen molar-refractivity contribution < 1.29 is 24.2 Å². The van der Waals surface area contributed by atoms with Gasteiger partial charge in [-0.2, -0.15) is 0 Å². The summed E-state index contributed by atoms with van der Waals surface area (Å²) in [6, 6.07) is 35.0. The fraction of sp³-hybridized carbons (Fsp3) is 0.0667. The van der Waals surface area contributed by atoms with Gasteiger partial charge in [0, 0.05) is 6.08 Å². The van der Waals surface area contributed by atoms with Gasteiger partial charge in [-0.1, -0.05) is 103 Å². The fourth-order valence-corrected chi connectivity index (χ4v) is 2.95. The molecule has 4 rings (SSSR count). The molecule has 0 fully saturated rings. The summed E-state index contributed by atoms with van der Waals surface area (Å²) in [6.07, 6.45) is 3.19. The second-order valence-electron chi connectivity index (χ2n) is 7.42. The highest BCUT2D eigenvalue weighted by atomic mass is 16.5. The quantitative estimate of drug-likeness (QED) is 0.260. The average molecular weight is 467 g/mol. The van der Waals surface area contributed by atoms with Gasteiger partial charge in [-0.3, -0.25) is 0 Å². The third kappa shape index (κ3) is 9.02. The van der Waals surface area contributed by atoms with E-state index in [4.69, 9.17) is 9.47 Å². The van der Waals surface area contributed by atoms with Crippen LogP contribution in [0, 0.1) is 0 Å². The van der Waals surface area contributed by atoms with E-state index in [-0.39, 0.29) is 23.9 Å². The third-order valence-corrected chi connectivity index (χ3v) is 4.77. The molecular weight excluding hydrogens is 440 g/mol. The summed E-state index contributed by atoms with van der Waals surface area (Å²) in [4.78, 5) is 23.1. The van der Waals surface area contributed by atoms with Gasteiger partial charge in [-0.05, 0) is 34.9 Å². The van der Waals surface area contributed by atoms with Crippen LogP contribution in [0.5, 0.6) is 5.75 Å². The van der Waals surface area contributed by atoms with Gasteiger partial charge in [0.1, 0.15) is 24.5 Å². The lowest BCUT2D eigenvalue weighted by molar-refractivity contribution is -0.138. The zero-order valence-corrected chi connectivity index (χ0v) is 19.1. The van der Waals surface area contributed by atoms with Crippen LogP contribution in [0.2, 0.25) is 0 Å². The van der Waals surface area contributed by atoms with Crippen LogP contribution in [0.25, 0.3) is 6.08 Å². The standard InChI is InChI=1S/C16H14O2.C14H12O3/c17-16(12-11-14-7-3-1-4-8-14)18-13-15-9-5-2-6-10-15;15-13-9-5-4-8-12(13)14(16)17-10-11-6-2-1-3-7-11/h1-12H,13H2;1-9,15H,10H2/b12-11+;. The second kappa shape index (κ2) is 13.8. The van der Waals surface area contributed by atoms with E-state index in [9.17, 15) is 14.7 Å². The van der Waals surface area contributed by atoms with Crippen molar-refractivity contribution in [3.8, 4) is 5.75 Å². The maximum absolute atomic E-state index is 11.7. The van der Waals surface area contributed by atoms with Gasteiger partial charge in [-0.15, -0.1) is 0 Å². The molecule has 5 nitrogen and oxygen atoms in total. The van der Waals surface area contributed by atoms with Crippen molar-refractivity contribution >= 4 is 18.0 Å². The molecular formula is C30H26O5. The third-order valence-electron chi connectivity index (χ3n) is 4.77. The zero-order chi connectivity index (χ0) is 24.7. The Morgan fingerprint density at radius 2 is 1.11 bits per heavy atom. The number of hydrogen-bond acceptors (Lipinski definition) is 5. The van der Waals surface area contributed by atoms with E-state index >= 15 is 0 Å². The van der Waals surface area contributed by atoms with Crippen LogP contribution in [0.1, 0.15) is 27.0 Å². The Kier molecular flexibility index (Phi) is 9.86. The Morgan fingerprint density at radius 3 is 1.69 bits per heavy atom. The van der Waals surface area contributed by atoms with Gasteiger partial charge in [0.05, 0.1) is 0 Å². The largest absolute Gasteiger partial charge is 0.507 e. The number of carbonyl (C=O) groups excluding carboxylic acids is 2. The minimum Gasteiger partial charge on any atom is -0.507 e. The number of para-hydroxylation sites is 1. The molecule has 0 radical (unpaired) electrons. The monoisotopic (exact) mass is 466 g/mol. The predicted octanol–water partition coefficient (Wildman–Crippen LogP) is 6.19. The van der Waals surface area contributed by atoms with Gasteiger partial charge in [0.2, 0.25) is 0 Å². The molecule has 0 amide bonds. The molecule has 0 aliphatic rings. The first-order chi connectivity index (χ1) is 17.1. The number of ether oxygens (including phenoxy) is 2. The molecule has 5 heteroatoms. The first-order valence-corrected chi connectivity index (χ1v) is 11.0. The lowest BCUT2D eigenvalue weighted by Gasteiger charge is -2.05. The topological polar surface area (TPSA) is 72.8 Å². The zero-order valence-electron chi connectivity index (χ0n) is 19.1. The molecule has 0 atom stereocenters. The molecule has 176 valence electrons. The molecule has 35 heavy (non-hydrogen) atoms. The van der Waals surface area contributed by atoms with Gasteiger partial charge in [0.15, 0.2) is 0 Å². The van der Waals surface area contributed by atoms with Crippen molar-refractivity contribution in [2.45, 2.75) is 13.2 Å². The number of benzene rings is 4. The van der Waals surface area contributed by atoms with Gasteiger partial charge >= 0.3 is 11.9 Å². The van der Waals surface area contributed by atoms with Crippen molar-refractivity contribution in [3.63, 3.8) is 0 Å². The summed E-state index contributed by atoms with van der Waals surface area (Å²) in [5.74, 6) is -0.916. The second-order valence-corrected chi connectivity index (χ2v) is 7.42. The summed E-state index contributed by atoms with van der Waals surface area (Å²) < 4.78 is 10.2. The van der Waals surface area contributed by atoms with Crippen molar-refractivity contribution in [3.05, 3.63) is 144 Å². The molecule has 0 saturated carbocycles. The Labute approximate surface area is 204 Å². The molecule has 4 aromatic rings. The molecule has 0 saturated heterocycles. The molecule has 0 spiro atoms. The van der Waals surface area contributed by atoms with Crippen LogP contribution in [0.3, 0.4) is 0 Å². The highest BCUT2D eigenvalue weighted by molar-refractivity contribution is 5.92. The summed E-state index contributed by atoms with van der Waals surface area (Å²) in [5, 5.41) is 9.48. The molecule has 0 aliphatic carbocycles. The normalized spacial score (nSPS) is 10.2. The van der Waals surface area contributed by atoms with Crippen molar-refractivity contribution in [1.29, 1.82) is 0 Å². The SMILES string of the molecule is O=C(/C=C/c1ccccc1)OCc1ccccc1.O=C(OCc1ccccc1)c1ccccc1O. The maximum atomic E-state index is 11.7. The highest BCUT2D eigenvalue weighted by Crippen LogP contribution is 2.17. The Hall–Kier alpha value is -4.64. The van der Waals surface area contributed by atoms with Crippen molar-refractivity contribution in [2.24, 2.45) is 0 Å². The van der Waals surface area contributed by atoms with E-state index in [1.165, 1.54) is 18.2 Å². The summed E-state index contributed by atoms with van der Waals surface area (Å²) in [6.45, 7) is 0.507. The number of carbonyl (C=O) groups is 2. The first-order valence-electron chi connectivity index (χ1n) is 11.0. The van der Waals surface area contributed by atoms with E-state index in [1.807, 2.05) is 91.0 Å². The minimum absolute atomic E-state index is 0.0643. The van der Waals surface area contributed by atoms with Crippen LogP contribution in [0.4, 0.5) is 0 Å². The number of rotatable bonds is 7. The molecule has 0 heterocycles. The lowest BCUT2D eigenvalue weighted by Crippen LogP contribution is -2.05. The van der Waals surface area contributed by atoms with Crippen LogP contribution >= 0.6 is 0 Å². The van der Waals surface area contributed by atoms with E-state index in [2.05, 4.69) is 0 Å². The molecule has 0 bridgehead atoms. The summed E-state index contributed by atoms with van der Waals surface area (Å²) in [5.41, 5.74) is 3.06. The number of hydrogen-bond donors (Lipinski definition) is 1. The Balaban J connectivity index is 0.000000196. The first kappa shape index (κ1) is 25.0. The summed E-state index contributed by atoms with van der Waals surface area (Å²) >= 11 is 0. The predicted molar refractivity (Wildman–Crippen MR) is 135 cm³/mol. The average Bonchev–Trinajstić information content (AvgIpc) is 2.92. The number of phenols is 1. The molecule has 1 N–H and O–H groups in total. The minimum atomic E-state index is -0.521. The fourth-order valence-electron chi connectivity index (χ4n) is 2.95.